The smallest absolute Gasteiger partial charge is 0.254 e. The highest BCUT2D eigenvalue weighted by molar-refractivity contribution is 5.94. The van der Waals surface area contributed by atoms with E-state index in [2.05, 4.69) is 4.98 Å². The zero-order valence-corrected chi connectivity index (χ0v) is 16.2. The molecule has 2 heterocycles. The molecule has 3 rings (SSSR count). The minimum atomic E-state index is -0.0327. The minimum absolute atomic E-state index is 0.0327. The Hall–Kier alpha value is -3.02. The Kier molecular flexibility index (Phi) is 5.64. The third-order valence-corrected chi connectivity index (χ3v) is 4.40. The third-order valence-electron chi connectivity index (χ3n) is 4.40. The van der Waals surface area contributed by atoms with Crippen molar-refractivity contribution in [1.29, 1.82) is 0 Å². The molecule has 2 aromatic heterocycles. The standard InChI is InChI=1S/C21H25N3O3/c1-15(2)24(13-19-8-5-16(3)27-19)21(25)17-6-9-18(10-7-17)26-14-20-22-11-12-23(20)4/h5-12,15H,13-14H2,1-4H3. The second-order valence-corrected chi connectivity index (χ2v) is 6.81. The number of carbonyl (C=O) groups excluding carboxylic acids is 1. The lowest BCUT2D eigenvalue weighted by Crippen LogP contribution is -2.36. The Morgan fingerprint density at radius 3 is 2.52 bits per heavy atom. The molecule has 1 amide bonds. The van der Waals surface area contributed by atoms with Gasteiger partial charge in [0.2, 0.25) is 0 Å². The summed E-state index contributed by atoms with van der Waals surface area (Å²) in [4.78, 5) is 19.0. The lowest BCUT2D eigenvalue weighted by molar-refractivity contribution is 0.0675. The van der Waals surface area contributed by atoms with Gasteiger partial charge in [0.05, 0.1) is 6.54 Å². The van der Waals surface area contributed by atoms with Crippen LogP contribution in [0.4, 0.5) is 0 Å². The largest absolute Gasteiger partial charge is 0.486 e. The number of nitrogens with zero attached hydrogens (tertiary/aromatic N) is 3. The van der Waals surface area contributed by atoms with E-state index in [1.54, 1.807) is 23.2 Å². The maximum Gasteiger partial charge on any atom is 0.254 e. The van der Waals surface area contributed by atoms with Gasteiger partial charge in [0.15, 0.2) is 0 Å². The molecule has 6 nitrogen and oxygen atoms in total. The van der Waals surface area contributed by atoms with Gasteiger partial charge < -0.3 is 18.6 Å². The van der Waals surface area contributed by atoms with Crippen molar-refractivity contribution >= 4 is 5.91 Å². The normalized spacial score (nSPS) is 11.0. The van der Waals surface area contributed by atoms with E-state index in [4.69, 9.17) is 9.15 Å². The number of hydrogen-bond donors (Lipinski definition) is 0. The first kappa shape index (κ1) is 18.8. The fourth-order valence-electron chi connectivity index (χ4n) is 2.77. The molecule has 1 aromatic carbocycles. The number of amides is 1. The highest BCUT2D eigenvalue weighted by atomic mass is 16.5. The van der Waals surface area contributed by atoms with Crippen molar-refractivity contribution in [3.8, 4) is 5.75 Å². The molecule has 0 unspecified atom stereocenters. The van der Waals surface area contributed by atoms with Gasteiger partial charge in [-0.2, -0.15) is 0 Å². The number of aryl methyl sites for hydroxylation is 2. The summed E-state index contributed by atoms with van der Waals surface area (Å²) in [5.74, 6) is 3.14. The van der Waals surface area contributed by atoms with Gasteiger partial charge in [0.1, 0.15) is 29.7 Å². The Bertz CT molecular complexity index is 894. The molecule has 0 aliphatic rings. The van der Waals surface area contributed by atoms with Gasteiger partial charge in [-0.15, -0.1) is 0 Å². The van der Waals surface area contributed by atoms with Crippen LogP contribution in [0.15, 0.2) is 53.2 Å². The van der Waals surface area contributed by atoms with E-state index in [1.807, 2.05) is 62.8 Å². The van der Waals surface area contributed by atoms with E-state index in [1.165, 1.54) is 0 Å². The Balaban J connectivity index is 1.66. The fraction of sp³-hybridized carbons (Fsp3) is 0.333. The van der Waals surface area contributed by atoms with Gasteiger partial charge in [-0.05, 0) is 57.2 Å². The van der Waals surface area contributed by atoms with Gasteiger partial charge in [-0.3, -0.25) is 4.79 Å². The number of carbonyl (C=O) groups is 1. The molecule has 0 saturated heterocycles. The van der Waals surface area contributed by atoms with Crippen LogP contribution in [0.3, 0.4) is 0 Å². The second-order valence-electron chi connectivity index (χ2n) is 6.81. The molecular weight excluding hydrogens is 342 g/mol. The van der Waals surface area contributed by atoms with Crippen LogP contribution in [0, 0.1) is 6.92 Å². The van der Waals surface area contributed by atoms with Crippen molar-refractivity contribution < 1.29 is 13.9 Å². The van der Waals surface area contributed by atoms with Gasteiger partial charge in [0, 0.05) is 31.0 Å². The monoisotopic (exact) mass is 367 g/mol. The molecule has 3 aromatic rings. The van der Waals surface area contributed by atoms with E-state index >= 15 is 0 Å². The van der Waals surface area contributed by atoms with E-state index in [0.29, 0.717) is 24.5 Å². The summed E-state index contributed by atoms with van der Waals surface area (Å²) >= 11 is 0. The molecular formula is C21H25N3O3. The second kappa shape index (κ2) is 8.12. The molecule has 0 spiro atoms. The van der Waals surface area contributed by atoms with Crippen molar-refractivity contribution in [1.82, 2.24) is 14.5 Å². The molecule has 0 aliphatic carbocycles. The van der Waals surface area contributed by atoms with Crippen LogP contribution in [0.2, 0.25) is 0 Å². The summed E-state index contributed by atoms with van der Waals surface area (Å²) in [5.41, 5.74) is 0.622. The van der Waals surface area contributed by atoms with Gasteiger partial charge >= 0.3 is 0 Å². The molecule has 0 bridgehead atoms. The maximum atomic E-state index is 12.9. The van der Waals surface area contributed by atoms with Crippen molar-refractivity contribution in [3.63, 3.8) is 0 Å². The summed E-state index contributed by atoms with van der Waals surface area (Å²) < 4.78 is 13.3. The Morgan fingerprint density at radius 1 is 1.22 bits per heavy atom. The topological polar surface area (TPSA) is 60.5 Å². The number of hydrogen-bond acceptors (Lipinski definition) is 4. The van der Waals surface area contributed by atoms with Crippen molar-refractivity contribution in [3.05, 3.63) is 71.7 Å². The van der Waals surface area contributed by atoms with Crippen molar-refractivity contribution in [2.75, 3.05) is 0 Å². The Morgan fingerprint density at radius 2 is 1.96 bits per heavy atom. The van der Waals surface area contributed by atoms with Crippen molar-refractivity contribution in [2.45, 2.75) is 40.0 Å². The number of rotatable bonds is 7. The molecule has 0 radical (unpaired) electrons. The zero-order chi connectivity index (χ0) is 19.4. The predicted octanol–water partition coefficient (Wildman–Crippen LogP) is 3.95. The lowest BCUT2D eigenvalue weighted by atomic mass is 10.1. The van der Waals surface area contributed by atoms with E-state index in [-0.39, 0.29) is 11.9 Å². The van der Waals surface area contributed by atoms with Gasteiger partial charge in [-0.25, -0.2) is 4.98 Å². The van der Waals surface area contributed by atoms with Gasteiger partial charge in [0.25, 0.3) is 5.91 Å². The lowest BCUT2D eigenvalue weighted by Gasteiger charge is -2.26. The average Bonchev–Trinajstić information content (AvgIpc) is 3.25. The van der Waals surface area contributed by atoms with Crippen LogP contribution in [-0.4, -0.2) is 26.4 Å². The van der Waals surface area contributed by atoms with Crippen LogP contribution in [0.5, 0.6) is 5.75 Å². The number of ether oxygens (including phenoxy) is 1. The van der Waals surface area contributed by atoms with Crippen LogP contribution < -0.4 is 4.74 Å². The predicted molar refractivity (Wildman–Crippen MR) is 102 cm³/mol. The highest BCUT2D eigenvalue weighted by Crippen LogP contribution is 2.18. The molecule has 0 saturated carbocycles. The molecule has 0 fully saturated rings. The highest BCUT2D eigenvalue weighted by Gasteiger charge is 2.20. The quantitative estimate of drug-likeness (QED) is 0.634. The number of benzene rings is 1. The molecule has 0 atom stereocenters. The molecule has 0 aliphatic heterocycles. The summed E-state index contributed by atoms with van der Waals surface area (Å²) in [5, 5.41) is 0. The summed E-state index contributed by atoms with van der Waals surface area (Å²) in [6.07, 6.45) is 3.61. The number of furan rings is 1. The molecule has 27 heavy (non-hydrogen) atoms. The number of aromatic nitrogens is 2. The maximum absolute atomic E-state index is 12.9. The summed E-state index contributed by atoms with van der Waals surface area (Å²) in [6, 6.07) is 11.1. The fourth-order valence-corrected chi connectivity index (χ4v) is 2.77. The molecule has 0 N–H and O–H groups in total. The summed E-state index contributed by atoms with van der Waals surface area (Å²) in [6.45, 7) is 6.72. The van der Waals surface area contributed by atoms with Crippen LogP contribution in [0.1, 0.15) is 41.6 Å². The average molecular weight is 367 g/mol. The number of imidazole rings is 1. The van der Waals surface area contributed by atoms with E-state index in [9.17, 15) is 4.79 Å². The SMILES string of the molecule is Cc1ccc(CN(C(=O)c2ccc(OCc3nccn3C)cc2)C(C)C)o1. The minimum Gasteiger partial charge on any atom is -0.486 e. The van der Waals surface area contributed by atoms with Crippen LogP contribution in [0.25, 0.3) is 0 Å². The van der Waals surface area contributed by atoms with E-state index < -0.39 is 0 Å². The molecule has 6 heteroatoms. The first-order valence-electron chi connectivity index (χ1n) is 8.99. The third kappa shape index (κ3) is 4.58. The summed E-state index contributed by atoms with van der Waals surface area (Å²) in [7, 11) is 1.93. The zero-order valence-electron chi connectivity index (χ0n) is 16.2. The Labute approximate surface area is 159 Å². The first-order valence-corrected chi connectivity index (χ1v) is 8.99. The first-order chi connectivity index (χ1) is 12.9. The van der Waals surface area contributed by atoms with Crippen LogP contribution in [-0.2, 0) is 20.2 Å². The van der Waals surface area contributed by atoms with Gasteiger partial charge in [-0.1, -0.05) is 0 Å². The molecule has 142 valence electrons. The van der Waals surface area contributed by atoms with Crippen LogP contribution >= 0.6 is 0 Å². The van der Waals surface area contributed by atoms with E-state index in [0.717, 1.165) is 17.3 Å². The van der Waals surface area contributed by atoms with Crippen molar-refractivity contribution in [2.24, 2.45) is 7.05 Å².